The quantitative estimate of drug-likeness (QED) is 0.791. The molecule has 1 aromatic rings. The summed E-state index contributed by atoms with van der Waals surface area (Å²) < 4.78 is 4.72. The van der Waals surface area contributed by atoms with Gasteiger partial charge in [-0.3, -0.25) is 14.8 Å². The first-order valence-corrected chi connectivity index (χ1v) is 5.43. The van der Waals surface area contributed by atoms with E-state index in [4.69, 9.17) is 10.5 Å². The van der Waals surface area contributed by atoms with Crippen LogP contribution in [0.4, 0.5) is 0 Å². The zero-order valence-corrected chi connectivity index (χ0v) is 10.7. The van der Waals surface area contributed by atoms with E-state index in [1.165, 1.54) is 7.11 Å². The van der Waals surface area contributed by atoms with E-state index in [-0.39, 0.29) is 12.4 Å². The number of nitrogens with zero attached hydrogens (tertiary/aromatic N) is 2. The van der Waals surface area contributed by atoms with E-state index in [1.807, 2.05) is 20.8 Å². The van der Waals surface area contributed by atoms with Crippen LogP contribution >= 0.6 is 0 Å². The molecule has 0 bridgehead atoms. The standard InChI is InChI=1S/C12H19N3O2/c1-11(2,13)12(3,7-10(16)17-4)9-8-14-5-6-15-9/h5-6,8H,7,13H2,1-4H3. The number of carbonyl (C=O) groups is 1. The first-order valence-electron chi connectivity index (χ1n) is 5.43. The van der Waals surface area contributed by atoms with Crippen LogP contribution in [0.25, 0.3) is 0 Å². The minimum absolute atomic E-state index is 0.172. The Morgan fingerprint density at radius 2 is 2.06 bits per heavy atom. The van der Waals surface area contributed by atoms with Gasteiger partial charge in [0, 0.05) is 29.5 Å². The van der Waals surface area contributed by atoms with Gasteiger partial charge < -0.3 is 10.5 Å². The Labute approximate surface area is 101 Å². The van der Waals surface area contributed by atoms with E-state index in [0.717, 1.165) is 0 Å². The molecule has 1 unspecified atom stereocenters. The highest BCUT2D eigenvalue weighted by Gasteiger charge is 2.43. The molecule has 0 fully saturated rings. The summed E-state index contributed by atoms with van der Waals surface area (Å²) in [7, 11) is 1.36. The van der Waals surface area contributed by atoms with Crippen LogP contribution in [0.1, 0.15) is 32.9 Å². The minimum Gasteiger partial charge on any atom is -0.469 e. The summed E-state index contributed by atoms with van der Waals surface area (Å²) in [6, 6.07) is 0. The maximum Gasteiger partial charge on any atom is 0.306 e. The number of esters is 1. The Morgan fingerprint density at radius 3 is 2.47 bits per heavy atom. The molecular formula is C12H19N3O2. The topological polar surface area (TPSA) is 78.1 Å². The Kier molecular flexibility index (Phi) is 3.83. The Morgan fingerprint density at radius 1 is 1.41 bits per heavy atom. The number of rotatable bonds is 4. The van der Waals surface area contributed by atoms with E-state index in [9.17, 15) is 4.79 Å². The molecule has 0 aromatic carbocycles. The Hall–Kier alpha value is -1.49. The van der Waals surface area contributed by atoms with Crippen molar-refractivity contribution >= 4 is 5.97 Å². The number of hydrogen-bond acceptors (Lipinski definition) is 5. The van der Waals surface area contributed by atoms with Gasteiger partial charge in [-0.25, -0.2) is 0 Å². The van der Waals surface area contributed by atoms with Crippen molar-refractivity contribution in [2.45, 2.75) is 38.1 Å². The van der Waals surface area contributed by atoms with Crippen molar-refractivity contribution < 1.29 is 9.53 Å². The molecule has 0 saturated carbocycles. The molecular weight excluding hydrogens is 218 g/mol. The van der Waals surface area contributed by atoms with Gasteiger partial charge in [0.2, 0.25) is 0 Å². The van der Waals surface area contributed by atoms with Crippen molar-refractivity contribution in [3.05, 3.63) is 24.3 Å². The van der Waals surface area contributed by atoms with Gasteiger partial charge in [0.25, 0.3) is 0 Å². The summed E-state index contributed by atoms with van der Waals surface area (Å²) in [4.78, 5) is 19.8. The lowest BCUT2D eigenvalue weighted by molar-refractivity contribution is -0.142. The molecule has 1 atom stereocenters. The van der Waals surface area contributed by atoms with Crippen LogP contribution in [0.2, 0.25) is 0 Å². The third-order valence-electron chi connectivity index (χ3n) is 3.28. The molecule has 2 N–H and O–H groups in total. The lowest BCUT2D eigenvalue weighted by atomic mass is 9.69. The van der Waals surface area contributed by atoms with E-state index in [1.54, 1.807) is 18.6 Å². The second-order valence-corrected chi connectivity index (χ2v) is 4.90. The third kappa shape index (κ3) is 2.79. The lowest BCUT2D eigenvalue weighted by Crippen LogP contribution is -2.53. The molecule has 1 aromatic heterocycles. The van der Waals surface area contributed by atoms with Crippen molar-refractivity contribution in [3.8, 4) is 0 Å². The van der Waals surface area contributed by atoms with Crippen molar-refractivity contribution in [1.29, 1.82) is 0 Å². The second-order valence-electron chi connectivity index (χ2n) is 4.90. The van der Waals surface area contributed by atoms with Gasteiger partial charge in [0.1, 0.15) is 0 Å². The second kappa shape index (κ2) is 4.79. The van der Waals surface area contributed by atoms with E-state index < -0.39 is 11.0 Å². The summed E-state index contributed by atoms with van der Waals surface area (Å²) in [6.45, 7) is 5.63. The number of methoxy groups -OCH3 is 1. The number of hydrogen-bond donors (Lipinski definition) is 1. The van der Waals surface area contributed by atoms with Gasteiger partial charge in [-0.15, -0.1) is 0 Å². The fourth-order valence-corrected chi connectivity index (χ4v) is 1.59. The predicted octanol–water partition coefficient (Wildman–Crippen LogP) is 1.03. The highest BCUT2D eigenvalue weighted by atomic mass is 16.5. The summed E-state index contributed by atoms with van der Waals surface area (Å²) in [6.07, 6.45) is 4.99. The van der Waals surface area contributed by atoms with Gasteiger partial charge in [-0.05, 0) is 13.8 Å². The molecule has 0 radical (unpaired) electrons. The van der Waals surface area contributed by atoms with Crippen LogP contribution in [0.15, 0.2) is 18.6 Å². The van der Waals surface area contributed by atoms with Crippen molar-refractivity contribution in [3.63, 3.8) is 0 Å². The molecule has 5 nitrogen and oxygen atoms in total. The molecule has 0 saturated heterocycles. The lowest BCUT2D eigenvalue weighted by Gasteiger charge is -2.40. The first kappa shape index (κ1) is 13.6. The molecule has 5 heteroatoms. The van der Waals surface area contributed by atoms with Crippen LogP contribution in [-0.2, 0) is 14.9 Å². The highest BCUT2D eigenvalue weighted by molar-refractivity contribution is 5.71. The van der Waals surface area contributed by atoms with Crippen LogP contribution in [0.5, 0.6) is 0 Å². The highest BCUT2D eigenvalue weighted by Crippen LogP contribution is 2.35. The fraction of sp³-hybridized carbons (Fsp3) is 0.583. The normalized spacial score (nSPS) is 15.1. The summed E-state index contributed by atoms with van der Waals surface area (Å²) in [5.41, 5.74) is 5.64. The molecule has 94 valence electrons. The summed E-state index contributed by atoms with van der Waals surface area (Å²) >= 11 is 0. The molecule has 0 aliphatic carbocycles. The Bertz CT molecular complexity index is 386. The van der Waals surface area contributed by atoms with E-state index >= 15 is 0 Å². The van der Waals surface area contributed by atoms with Crippen LogP contribution < -0.4 is 5.73 Å². The van der Waals surface area contributed by atoms with Gasteiger partial charge in [0.05, 0.1) is 19.2 Å². The fourth-order valence-electron chi connectivity index (χ4n) is 1.59. The average Bonchev–Trinajstić information content (AvgIpc) is 2.28. The van der Waals surface area contributed by atoms with E-state index in [0.29, 0.717) is 5.69 Å². The first-order chi connectivity index (χ1) is 7.81. The molecule has 0 spiro atoms. The Balaban J connectivity index is 3.16. The average molecular weight is 237 g/mol. The molecule has 17 heavy (non-hydrogen) atoms. The molecule has 0 amide bonds. The molecule has 0 aliphatic heterocycles. The van der Waals surface area contributed by atoms with Crippen molar-refractivity contribution in [1.82, 2.24) is 9.97 Å². The van der Waals surface area contributed by atoms with Crippen molar-refractivity contribution in [2.75, 3.05) is 7.11 Å². The van der Waals surface area contributed by atoms with Crippen molar-refractivity contribution in [2.24, 2.45) is 5.73 Å². The zero-order valence-electron chi connectivity index (χ0n) is 10.7. The van der Waals surface area contributed by atoms with Gasteiger partial charge >= 0.3 is 5.97 Å². The maximum absolute atomic E-state index is 11.5. The van der Waals surface area contributed by atoms with Gasteiger partial charge in [-0.2, -0.15) is 0 Å². The molecule has 1 heterocycles. The summed E-state index contributed by atoms with van der Waals surface area (Å²) in [5, 5.41) is 0. The predicted molar refractivity (Wildman–Crippen MR) is 64.3 cm³/mol. The maximum atomic E-state index is 11.5. The van der Waals surface area contributed by atoms with Gasteiger partial charge in [-0.1, -0.05) is 6.92 Å². The minimum atomic E-state index is -0.617. The largest absolute Gasteiger partial charge is 0.469 e. The number of ether oxygens (including phenoxy) is 1. The number of nitrogens with two attached hydrogens (primary N) is 1. The smallest absolute Gasteiger partial charge is 0.306 e. The zero-order chi connectivity index (χ0) is 13.1. The van der Waals surface area contributed by atoms with Crippen LogP contribution in [-0.4, -0.2) is 28.6 Å². The summed E-state index contributed by atoms with van der Waals surface area (Å²) in [5.74, 6) is -0.309. The van der Waals surface area contributed by atoms with Gasteiger partial charge in [0.15, 0.2) is 0 Å². The monoisotopic (exact) mass is 237 g/mol. The number of carbonyl (C=O) groups excluding carboxylic acids is 1. The SMILES string of the molecule is COC(=O)CC(C)(c1cnccn1)C(C)(C)N. The third-order valence-corrected chi connectivity index (χ3v) is 3.28. The molecule has 0 aliphatic rings. The number of aromatic nitrogens is 2. The van der Waals surface area contributed by atoms with Crippen LogP contribution in [0.3, 0.4) is 0 Å². The van der Waals surface area contributed by atoms with Crippen LogP contribution in [0, 0.1) is 0 Å². The molecule has 1 rings (SSSR count). The van der Waals surface area contributed by atoms with E-state index in [2.05, 4.69) is 9.97 Å².